The number of hydrogen-bond donors (Lipinski definition) is 0. The van der Waals surface area contributed by atoms with E-state index in [1.807, 2.05) is 37.3 Å². The third-order valence-electron chi connectivity index (χ3n) is 5.23. The number of esters is 1. The lowest BCUT2D eigenvalue weighted by atomic mass is 10.1. The van der Waals surface area contributed by atoms with Crippen LogP contribution in [0, 0.1) is 24.2 Å². The van der Waals surface area contributed by atoms with Crippen LogP contribution in [-0.4, -0.2) is 23.4 Å². The molecule has 0 aliphatic carbocycles. The zero-order valence-electron chi connectivity index (χ0n) is 19.3. The van der Waals surface area contributed by atoms with Crippen molar-refractivity contribution < 1.29 is 23.9 Å². The minimum absolute atomic E-state index is 0.0123. The second kappa shape index (κ2) is 11.4. The summed E-state index contributed by atoms with van der Waals surface area (Å²) >= 11 is 4.45. The van der Waals surface area contributed by atoms with Crippen molar-refractivity contribution in [1.29, 1.82) is 0 Å². The van der Waals surface area contributed by atoms with Gasteiger partial charge in [0, 0.05) is 26.3 Å². The van der Waals surface area contributed by atoms with Crippen molar-refractivity contribution in [3.05, 3.63) is 99.8 Å². The number of carbonyl (C=O) groups is 1. The molecule has 0 radical (unpaired) electrons. The average Bonchev–Trinajstić information content (AvgIpc) is 3.19. The number of hydrogen-bond acceptors (Lipinski definition) is 7. The lowest BCUT2D eigenvalue weighted by molar-refractivity contribution is -0.385. The Morgan fingerprint density at radius 1 is 1.08 bits per heavy atom. The lowest BCUT2D eigenvalue weighted by Gasteiger charge is -2.15. The molecule has 0 amide bonds. The van der Waals surface area contributed by atoms with Gasteiger partial charge in [-0.1, -0.05) is 18.2 Å². The van der Waals surface area contributed by atoms with Gasteiger partial charge in [-0.3, -0.25) is 10.1 Å². The summed E-state index contributed by atoms with van der Waals surface area (Å²) < 4.78 is 19.2. The summed E-state index contributed by atoms with van der Waals surface area (Å²) in [4.78, 5) is 27.4. The maximum absolute atomic E-state index is 12.5. The van der Waals surface area contributed by atoms with E-state index in [0.717, 1.165) is 12.7 Å². The van der Waals surface area contributed by atoms with Gasteiger partial charge in [0.1, 0.15) is 6.61 Å². The van der Waals surface area contributed by atoms with Crippen LogP contribution in [0.25, 0.3) is 6.08 Å². The molecule has 8 nitrogen and oxygen atoms in total. The van der Waals surface area contributed by atoms with E-state index in [1.54, 1.807) is 25.1 Å². The molecular weight excluding hydrogens is 690 g/mol. The predicted molar refractivity (Wildman–Crippen MR) is 152 cm³/mol. The third kappa shape index (κ3) is 5.86. The van der Waals surface area contributed by atoms with Gasteiger partial charge in [0.05, 0.1) is 15.1 Å². The minimum Gasteiger partial charge on any atom is -0.490 e. The first kappa shape index (κ1) is 26.1. The van der Waals surface area contributed by atoms with Crippen molar-refractivity contribution in [3.63, 3.8) is 0 Å². The SMILES string of the molecule is CCOc1cc(/C=C2\N=C(c3ccc([N+](=O)[O-])c(C)c3)OC2=O)cc(I)c1OCc1ccccc1I. The van der Waals surface area contributed by atoms with Crippen LogP contribution in [0.4, 0.5) is 5.69 Å². The average molecular weight is 710 g/mol. The van der Waals surface area contributed by atoms with Crippen LogP contribution >= 0.6 is 45.2 Å². The zero-order chi connectivity index (χ0) is 25.8. The first-order valence-corrected chi connectivity index (χ1v) is 13.0. The fourth-order valence-electron chi connectivity index (χ4n) is 3.52. The van der Waals surface area contributed by atoms with Crippen molar-refractivity contribution in [2.75, 3.05) is 6.61 Å². The number of aliphatic imine (C=N–C) groups is 1. The van der Waals surface area contributed by atoms with Gasteiger partial charge in [-0.05, 0) is 101 Å². The number of halogens is 2. The Morgan fingerprint density at radius 2 is 1.86 bits per heavy atom. The van der Waals surface area contributed by atoms with E-state index >= 15 is 0 Å². The van der Waals surface area contributed by atoms with Crippen molar-refractivity contribution in [2.45, 2.75) is 20.5 Å². The molecule has 0 fully saturated rings. The summed E-state index contributed by atoms with van der Waals surface area (Å²) in [5.74, 6) is 0.678. The Balaban J connectivity index is 1.62. The summed E-state index contributed by atoms with van der Waals surface area (Å²) in [5.41, 5.74) is 2.80. The fraction of sp³-hybridized carbons (Fsp3) is 0.154. The predicted octanol–water partition coefficient (Wildman–Crippen LogP) is 6.43. The van der Waals surface area contributed by atoms with Crippen LogP contribution in [0.5, 0.6) is 11.5 Å². The van der Waals surface area contributed by atoms with E-state index in [2.05, 4.69) is 50.2 Å². The molecule has 0 aromatic heterocycles. The summed E-state index contributed by atoms with van der Waals surface area (Å²) in [6.45, 7) is 4.34. The van der Waals surface area contributed by atoms with E-state index in [-0.39, 0.29) is 17.3 Å². The van der Waals surface area contributed by atoms with E-state index in [4.69, 9.17) is 14.2 Å². The highest BCUT2D eigenvalue weighted by Gasteiger charge is 2.26. The molecule has 36 heavy (non-hydrogen) atoms. The molecule has 0 saturated heterocycles. The van der Waals surface area contributed by atoms with Gasteiger partial charge in [0.25, 0.3) is 5.69 Å². The summed E-state index contributed by atoms with van der Waals surface area (Å²) in [5, 5.41) is 11.1. The van der Waals surface area contributed by atoms with Crippen molar-refractivity contribution in [3.8, 4) is 11.5 Å². The highest BCUT2D eigenvalue weighted by atomic mass is 127. The van der Waals surface area contributed by atoms with Gasteiger partial charge in [-0.15, -0.1) is 0 Å². The van der Waals surface area contributed by atoms with Crippen LogP contribution in [0.3, 0.4) is 0 Å². The molecule has 0 atom stereocenters. The van der Waals surface area contributed by atoms with Crippen molar-refractivity contribution in [2.24, 2.45) is 4.99 Å². The zero-order valence-corrected chi connectivity index (χ0v) is 23.6. The minimum atomic E-state index is -0.604. The number of nitro groups is 1. The Morgan fingerprint density at radius 3 is 2.56 bits per heavy atom. The molecule has 184 valence electrons. The smallest absolute Gasteiger partial charge is 0.363 e. The van der Waals surface area contributed by atoms with E-state index in [9.17, 15) is 14.9 Å². The van der Waals surface area contributed by atoms with Crippen molar-refractivity contribution >= 4 is 68.8 Å². The van der Waals surface area contributed by atoms with Crippen LogP contribution < -0.4 is 9.47 Å². The fourth-order valence-corrected chi connectivity index (χ4v) is 4.85. The van der Waals surface area contributed by atoms with Crippen LogP contribution in [-0.2, 0) is 16.1 Å². The number of nitro benzene ring substituents is 1. The van der Waals surface area contributed by atoms with Crippen LogP contribution in [0.2, 0.25) is 0 Å². The van der Waals surface area contributed by atoms with Gasteiger partial charge >= 0.3 is 5.97 Å². The maximum atomic E-state index is 12.5. The number of rotatable bonds is 8. The maximum Gasteiger partial charge on any atom is 0.363 e. The topological polar surface area (TPSA) is 100 Å². The molecule has 3 aromatic carbocycles. The molecule has 0 spiro atoms. The normalized spacial score (nSPS) is 13.9. The molecular formula is C26H20I2N2O6. The largest absolute Gasteiger partial charge is 0.490 e. The van der Waals surface area contributed by atoms with Gasteiger partial charge < -0.3 is 14.2 Å². The highest BCUT2D eigenvalue weighted by Crippen LogP contribution is 2.36. The number of benzene rings is 3. The summed E-state index contributed by atoms with van der Waals surface area (Å²) in [7, 11) is 0. The first-order chi connectivity index (χ1) is 17.3. The monoisotopic (exact) mass is 710 g/mol. The number of nitrogens with zero attached hydrogens (tertiary/aromatic N) is 2. The summed E-state index contributed by atoms with van der Waals surface area (Å²) in [6, 6.07) is 16.1. The molecule has 0 saturated carbocycles. The molecule has 3 aromatic rings. The Labute approximate surface area is 234 Å². The van der Waals surface area contributed by atoms with E-state index in [1.165, 1.54) is 12.1 Å². The Hall–Kier alpha value is -3.00. The molecule has 1 aliphatic rings. The molecule has 10 heteroatoms. The number of cyclic esters (lactones) is 1. The van der Waals surface area contributed by atoms with Crippen LogP contribution in [0.1, 0.15) is 29.2 Å². The number of carbonyl (C=O) groups excluding carboxylic acids is 1. The molecule has 1 heterocycles. The van der Waals surface area contributed by atoms with Gasteiger partial charge in [-0.25, -0.2) is 9.79 Å². The molecule has 0 unspecified atom stereocenters. The summed E-state index contributed by atoms with van der Waals surface area (Å²) in [6.07, 6.45) is 1.61. The van der Waals surface area contributed by atoms with Crippen molar-refractivity contribution in [1.82, 2.24) is 0 Å². The quantitative estimate of drug-likeness (QED) is 0.0879. The van der Waals surface area contributed by atoms with Gasteiger partial charge in [0.2, 0.25) is 5.90 Å². The Bertz CT molecular complexity index is 1420. The first-order valence-electron chi connectivity index (χ1n) is 10.9. The molecule has 0 bridgehead atoms. The Kier molecular flexibility index (Phi) is 8.24. The molecule has 0 N–H and O–H groups in total. The second-order valence-electron chi connectivity index (χ2n) is 7.74. The second-order valence-corrected chi connectivity index (χ2v) is 10.1. The standard InChI is InChI=1S/C26H20I2N2O6/c1-3-34-23-13-16(11-20(28)24(23)35-14-18-6-4-5-7-19(18)27)12-21-26(31)36-25(29-21)17-8-9-22(30(32)33)15(2)10-17/h4-13H,3,14H2,1-2H3/b21-12-. The lowest BCUT2D eigenvalue weighted by Crippen LogP contribution is -2.06. The van der Waals surface area contributed by atoms with E-state index in [0.29, 0.717) is 41.4 Å². The molecule has 1 aliphatic heterocycles. The highest BCUT2D eigenvalue weighted by molar-refractivity contribution is 14.1. The number of aryl methyl sites for hydroxylation is 1. The third-order valence-corrected chi connectivity index (χ3v) is 7.08. The van der Waals surface area contributed by atoms with Gasteiger partial charge in [0.15, 0.2) is 17.2 Å². The van der Waals surface area contributed by atoms with E-state index < -0.39 is 10.9 Å². The van der Waals surface area contributed by atoms with Crippen LogP contribution in [0.15, 0.2) is 65.3 Å². The van der Waals surface area contributed by atoms with Gasteiger partial charge in [-0.2, -0.15) is 0 Å². The molecule has 4 rings (SSSR count). The number of ether oxygens (including phenoxy) is 3.